The fraction of sp³-hybridized carbons (Fsp3) is 1.00. The maximum absolute atomic E-state index is 5.59. The third-order valence-electron chi connectivity index (χ3n) is 3.05. The van der Waals surface area contributed by atoms with Crippen LogP contribution in [0.2, 0.25) is 0 Å². The minimum atomic E-state index is 0.569. The molecule has 1 saturated heterocycles. The van der Waals surface area contributed by atoms with Gasteiger partial charge in [0, 0.05) is 18.4 Å². The van der Waals surface area contributed by atoms with Crippen LogP contribution in [0.1, 0.15) is 38.5 Å². The lowest BCUT2D eigenvalue weighted by molar-refractivity contribution is 0.129. The average molecular weight is 229 g/mol. The predicted octanol–water partition coefficient (Wildman–Crippen LogP) is 2.43. The van der Waals surface area contributed by atoms with Crippen molar-refractivity contribution in [2.45, 2.75) is 50.7 Å². The van der Waals surface area contributed by atoms with Crippen LogP contribution in [0, 0.1) is 0 Å². The minimum absolute atomic E-state index is 0.569. The second kappa shape index (κ2) is 6.77. The summed E-state index contributed by atoms with van der Waals surface area (Å²) in [5.41, 5.74) is 0. The van der Waals surface area contributed by atoms with Crippen molar-refractivity contribution in [3.05, 3.63) is 0 Å². The zero-order valence-corrected chi connectivity index (χ0v) is 10.4. The second-order valence-corrected chi connectivity index (χ2v) is 5.80. The molecule has 3 heteroatoms. The van der Waals surface area contributed by atoms with Crippen molar-refractivity contribution in [3.63, 3.8) is 0 Å². The standard InChI is InChI=1S/C12H23NOS/c1(7-13-11-5-6-11)2-9-15-10-12-4-3-8-14-12/h11-13H,1-10H2. The Kier molecular flexibility index (Phi) is 5.30. The van der Waals surface area contributed by atoms with Gasteiger partial charge >= 0.3 is 0 Å². The lowest BCUT2D eigenvalue weighted by Gasteiger charge is -2.08. The highest BCUT2D eigenvalue weighted by molar-refractivity contribution is 7.99. The summed E-state index contributed by atoms with van der Waals surface area (Å²) in [7, 11) is 0. The average Bonchev–Trinajstić information content (AvgIpc) is 2.92. The molecule has 0 aromatic carbocycles. The molecule has 0 aromatic rings. The Morgan fingerprint density at radius 2 is 2.13 bits per heavy atom. The van der Waals surface area contributed by atoms with Gasteiger partial charge in [-0.25, -0.2) is 0 Å². The third-order valence-corrected chi connectivity index (χ3v) is 4.24. The molecular formula is C12H23NOS. The Hall–Kier alpha value is 0.270. The van der Waals surface area contributed by atoms with Crippen LogP contribution in [0.5, 0.6) is 0 Å². The molecule has 1 heterocycles. The molecule has 1 unspecified atom stereocenters. The number of unbranched alkanes of at least 4 members (excludes halogenated alkanes) is 1. The fourth-order valence-corrected chi connectivity index (χ4v) is 3.01. The van der Waals surface area contributed by atoms with Crippen LogP contribution in [-0.4, -0.2) is 36.8 Å². The lowest BCUT2D eigenvalue weighted by Crippen LogP contribution is -2.17. The van der Waals surface area contributed by atoms with Gasteiger partial charge in [0.1, 0.15) is 0 Å². The Balaban J connectivity index is 1.32. The maximum atomic E-state index is 5.59. The van der Waals surface area contributed by atoms with E-state index in [0.717, 1.165) is 12.6 Å². The Morgan fingerprint density at radius 3 is 2.87 bits per heavy atom. The van der Waals surface area contributed by atoms with Crippen LogP contribution < -0.4 is 5.32 Å². The summed E-state index contributed by atoms with van der Waals surface area (Å²) in [6.07, 6.45) is 8.65. The molecular weight excluding hydrogens is 206 g/mol. The molecule has 15 heavy (non-hydrogen) atoms. The topological polar surface area (TPSA) is 21.3 Å². The van der Waals surface area contributed by atoms with Crippen LogP contribution >= 0.6 is 11.8 Å². The number of nitrogens with one attached hydrogen (secondary N) is 1. The van der Waals surface area contributed by atoms with Gasteiger partial charge in [-0.05, 0) is 50.8 Å². The van der Waals surface area contributed by atoms with Crippen LogP contribution in [-0.2, 0) is 4.74 Å². The van der Waals surface area contributed by atoms with Crippen LogP contribution in [0.15, 0.2) is 0 Å². The summed E-state index contributed by atoms with van der Waals surface area (Å²) < 4.78 is 5.59. The normalized spacial score (nSPS) is 26.0. The predicted molar refractivity (Wildman–Crippen MR) is 66.6 cm³/mol. The molecule has 0 amide bonds. The molecule has 1 aliphatic carbocycles. The second-order valence-electron chi connectivity index (χ2n) is 4.65. The van der Waals surface area contributed by atoms with Gasteiger partial charge in [-0.1, -0.05) is 0 Å². The van der Waals surface area contributed by atoms with Crippen molar-refractivity contribution < 1.29 is 4.74 Å². The molecule has 2 fully saturated rings. The van der Waals surface area contributed by atoms with E-state index in [2.05, 4.69) is 17.1 Å². The third kappa shape index (κ3) is 5.23. The monoisotopic (exact) mass is 229 g/mol. The van der Waals surface area contributed by atoms with E-state index in [9.17, 15) is 0 Å². The number of ether oxygens (including phenoxy) is 1. The van der Waals surface area contributed by atoms with E-state index < -0.39 is 0 Å². The number of thioether (sulfide) groups is 1. The minimum Gasteiger partial charge on any atom is -0.377 e. The van der Waals surface area contributed by atoms with Crippen LogP contribution in [0.25, 0.3) is 0 Å². The van der Waals surface area contributed by atoms with Crippen molar-refractivity contribution in [1.29, 1.82) is 0 Å². The SMILES string of the molecule is C(CCSCC1CCCO1)CNC1CC1. The van der Waals surface area contributed by atoms with Gasteiger partial charge in [-0.2, -0.15) is 11.8 Å². The highest BCUT2D eigenvalue weighted by atomic mass is 32.2. The van der Waals surface area contributed by atoms with Crippen molar-refractivity contribution in [3.8, 4) is 0 Å². The highest BCUT2D eigenvalue weighted by Crippen LogP contribution is 2.19. The van der Waals surface area contributed by atoms with Crippen LogP contribution in [0.3, 0.4) is 0 Å². The summed E-state index contributed by atoms with van der Waals surface area (Å²) in [5.74, 6) is 2.53. The molecule has 0 bridgehead atoms. The molecule has 0 aromatic heterocycles. The summed E-state index contributed by atoms with van der Waals surface area (Å²) in [6.45, 7) is 2.22. The number of hydrogen-bond acceptors (Lipinski definition) is 3. The molecule has 2 nitrogen and oxygen atoms in total. The van der Waals surface area contributed by atoms with Gasteiger partial charge in [0.25, 0.3) is 0 Å². The van der Waals surface area contributed by atoms with Gasteiger partial charge in [0.05, 0.1) is 6.10 Å². The molecule has 0 spiro atoms. The molecule has 2 rings (SSSR count). The molecule has 2 aliphatic rings. The molecule has 88 valence electrons. The van der Waals surface area contributed by atoms with E-state index in [1.807, 2.05) is 0 Å². The molecule has 1 aliphatic heterocycles. The zero-order chi connectivity index (χ0) is 10.3. The van der Waals surface area contributed by atoms with E-state index in [-0.39, 0.29) is 0 Å². The highest BCUT2D eigenvalue weighted by Gasteiger charge is 2.19. The summed E-state index contributed by atoms with van der Waals surface area (Å²) in [4.78, 5) is 0. The maximum Gasteiger partial charge on any atom is 0.0666 e. The lowest BCUT2D eigenvalue weighted by atomic mass is 10.3. The van der Waals surface area contributed by atoms with Gasteiger partial charge in [-0.15, -0.1) is 0 Å². The molecule has 1 saturated carbocycles. The first-order valence-electron chi connectivity index (χ1n) is 6.38. The van der Waals surface area contributed by atoms with Crippen molar-refractivity contribution >= 4 is 11.8 Å². The first-order valence-corrected chi connectivity index (χ1v) is 7.53. The van der Waals surface area contributed by atoms with E-state index in [1.165, 1.54) is 56.6 Å². The largest absolute Gasteiger partial charge is 0.377 e. The zero-order valence-electron chi connectivity index (χ0n) is 9.54. The van der Waals surface area contributed by atoms with Gasteiger partial charge in [0.2, 0.25) is 0 Å². The van der Waals surface area contributed by atoms with Gasteiger partial charge in [0.15, 0.2) is 0 Å². The summed E-state index contributed by atoms with van der Waals surface area (Å²) >= 11 is 2.07. The quantitative estimate of drug-likeness (QED) is 0.646. The first kappa shape index (κ1) is 11.7. The van der Waals surface area contributed by atoms with Crippen molar-refractivity contribution in [2.24, 2.45) is 0 Å². The summed E-state index contributed by atoms with van der Waals surface area (Å²) in [6, 6.07) is 0.879. The first-order chi connectivity index (χ1) is 7.45. The van der Waals surface area contributed by atoms with Crippen molar-refractivity contribution in [2.75, 3.05) is 24.7 Å². The Morgan fingerprint density at radius 1 is 1.20 bits per heavy atom. The smallest absolute Gasteiger partial charge is 0.0666 e. The van der Waals surface area contributed by atoms with E-state index in [4.69, 9.17) is 4.74 Å². The molecule has 1 N–H and O–H groups in total. The van der Waals surface area contributed by atoms with Gasteiger partial charge < -0.3 is 10.1 Å². The van der Waals surface area contributed by atoms with Gasteiger partial charge in [-0.3, -0.25) is 0 Å². The van der Waals surface area contributed by atoms with Crippen LogP contribution in [0.4, 0.5) is 0 Å². The fourth-order valence-electron chi connectivity index (χ4n) is 1.91. The Labute approximate surface area is 97.5 Å². The van der Waals surface area contributed by atoms with Crippen molar-refractivity contribution in [1.82, 2.24) is 5.32 Å². The molecule has 1 atom stereocenters. The number of rotatable bonds is 8. The van der Waals surface area contributed by atoms with E-state index in [1.54, 1.807) is 0 Å². The summed E-state index contributed by atoms with van der Waals surface area (Å²) in [5, 5.41) is 3.55. The van der Waals surface area contributed by atoms with E-state index in [0.29, 0.717) is 6.10 Å². The molecule has 0 radical (unpaired) electrons. The Bertz CT molecular complexity index is 167. The number of hydrogen-bond donors (Lipinski definition) is 1. The van der Waals surface area contributed by atoms with E-state index >= 15 is 0 Å².